The average molecular weight is 183 g/mol. The number of hydrogen-bond acceptors (Lipinski definition) is 3. The summed E-state index contributed by atoms with van der Waals surface area (Å²) < 4.78 is 5.04. The predicted octanol–water partition coefficient (Wildman–Crippen LogP) is 1.63. The van der Waals surface area contributed by atoms with E-state index in [9.17, 15) is 4.79 Å². The molecular formula is C9H13NO3. The van der Waals surface area contributed by atoms with Crippen LogP contribution in [0.2, 0.25) is 0 Å². The van der Waals surface area contributed by atoms with Gasteiger partial charge < -0.3 is 15.3 Å². The number of hydrogen-bond donors (Lipinski definition) is 2. The van der Waals surface area contributed by atoms with Crippen molar-refractivity contribution in [3.8, 4) is 0 Å². The van der Waals surface area contributed by atoms with Gasteiger partial charge in [0.05, 0.1) is 6.04 Å². The summed E-state index contributed by atoms with van der Waals surface area (Å²) in [5.41, 5.74) is 5.76. The molecule has 0 aromatic carbocycles. The van der Waals surface area contributed by atoms with E-state index in [1.165, 1.54) is 6.07 Å². The second-order valence-electron chi connectivity index (χ2n) is 3.28. The minimum Gasteiger partial charge on any atom is -0.475 e. The van der Waals surface area contributed by atoms with Gasteiger partial charge in [-0.1, -0.05) is 13.8 Å². The third kappa shape index (κ3) is 2.09. The fourth-order valence-electron chi connectivity index (χ4n) is 0.975. The van der Waals surface area contributed by atoms with Crippen molar-refractivity contribution >= 4 is 5.97 Å². The molecule has 1 rings (SSSR count). The number of rotatable bonds is 3. The fraction of sp³-hybridized carbons (Fsp3) is 0.444. The Morgan fingerprint density at radius 3 is 2.54 bits per heavy atom. The fourth-order valence-corrected chi connectivity index (χ4v) is 0.975. The monoisotopic (exact) mass is 183 g/mol. The molecule has 4 heteroatoms. The molecule has 1 aromatic heterocycles. The molecule has 0 fully saturated rings. The molecule has 0 spiro atoms. The van der Waals surface area contributed by atoms with Crippen LogP contribution >= 0.6 is 0 Å². The van der Waals surface area contributed by atoms with Crippen molar-refractivity contribution in [2.24, 2.45) is 11.7 Å². The quantitative estimate of drug-likeness (QED) is 0.746. The van der Waals surface area contributed by atoms with Gasteiger partial charge in [-0.2, -0.15) is 0 Å². The Morgan fingerprint density at radius 2 is 2.15 bits per heavy atom. The van der Waals surface area contributed by atoms with Gasteiger partial charge in [-0.15, -0.1) is 0 Å². The molecule has 1 atom stereocenters. The molecule has 0 aliphatic heterocycles. The number of carboxylic acid groups (broad SMARTS) is 1. The second kappa shape index (κ2) is 3.62. The summed E-state index contributed by atoms with van der Waals surface area (Å²) >= 11 is 0. The Hall–Kier alpha value is -1.29. The van der Waals surface area contributed by atoms with Crippen LogP contribution < -0.4 is 5.73 Å². The van der Waals surface area contributed by atoms with Crippen molar-refractivity contribution in [1.82, 2.24) is 0 Å². The summed E-state index contributed by atoms with van der Waals surface area (Å²) in [4.78, 5) is 10.5. The molecule has 0 saturated carbocycles. The third-order valence-electron chi connectivity index (χ3n) is 1.88. The van der Waals surface area contributed by atoms with Crippen molar-refractivity contribution in [3.05, 3.63) is 23.7 Å². The summed E-state index contributed by atoms with van der Waals surface area (Å²) in [6.07, 6.45) is 0. The van der Waals surface area contributed by atoms with Crippen LogP contribution in [-0.4, -0.2) is 11.1 Å². The van der Waals surface area contributed by atoms with Crippen molar-refractivity contribution in [2.75, 3.05) is 0 Å². The zero-order valence-corrected chi connectivity index (χ0v) is 7.65. The summed E-state index contributed by atoms with van der Waals surface area (Å²) in [6.45, 7) is 3.90. The second-order valence-corrected chi connectivity index (χ2v) is 3.28. The van der Waals surface area contributed by atoms with E-state index in [4.69, 9.17) is 15.3 Å². The van der Waals surface area contributed by atoms with Gasteiger partial charge in [0.25, 0.3) is 0 Å². The molecule has 1 aromatic rings. The average Bonchev–Trinajstić information content (AvgIpc) is 2.50. The normalized spacial score (nSPS) is 13.2. The number of aromatic carboxylic acids is 1. The Balaban J connectivity index is 2.85. The first kappa shape index (κ1) is 9.80. The van der Waals surface area contributed by atoms with Crippen LogP contribution in [0, 0.1) is 5.92 Å². The molecule has 3 N–H and O–H groups in total. The lowest BCUT2D eigenvalue weighted by Crippen LogP contribution is -2.15. The number of carbonyl (C=O) groups is 1. The molecule has 0 saturated heterocycles. The molecule has 0 aliphatic carbocycles. The minimum absolute atomic E-state index is 0.0638. The predicted molar refractivity (Wildman–Crippen MR) is 47.4 cm³/mol. The van der Waals surface area contributed by atoms with Crippen LogP contribution in [0.3, 0.4) is 0 Å². The van der Waals surface area contributed by atoms with E-state index in [-0.39, 0.29) is 17.7 Å². The van der Waals surface area contributed by atoms with E-state index < -0.39 is 5.97 Å². The van der Waals surface area contributed by atoms with E-state index in [1.54, 1.807) is 6.07 Å². The maximum atomic E-state index is 10.5. The standard InChI is InChI=1S/C9H13NO3/c1-5(2)8(10)6-3-4-7(13-6)9(11)12/h3-5,8H,10H2,1-2H3,(H,11,12). The largest absolute Gasteiger partial charge is 0.475 e. The van der Waals surface area contributed by atoms with Crippen LogP contribution in [0.5, 0.6) is 0 Å². The highest BCUT2D eigenvalue weighted by Gasteiger charge is 2.16. The topological polar surface area (TPSA) is 76.5 Å². The van der Waals surface area contributed by atoms with Gasteiger partial charge in [-0.3, -0.25) is 0 Å². The Bertz CT molecular complexity index is 304. The Kier molecular flexibility index (Phi) is 2.72. The zero-order chi connectivity index (χ0) is 10.0. The summed E-state index contributed by atoms with van der Waals surface area (Å²) in [7, 11) is 0. The lowest BCUT2D eigenvalue weighted by atomic mass is 10.0. The smallest absolute Gasteiger partial charge is 0.371 e. The first-order valence-electron chi connectivity index (χ1n) is 4.11. The lowest BCUT2D eigenvalue weighted by Gasteiger charge is -2.11. The summed E-state index contributed by atoms with van der Waals surface area (Å²) in [5, 5.41) is 8.58. The van der Waals surface area contributed by atoms with E-state index in [0.717, 1.165) is 0 Å². The van der Waals surface area contributed by atoms with Crippen LogP contribution in [0.4, 0.5) is 0 Å². The highest BCUT2D eigenvalue weighted by Crippen LogP contribution is 2.20. The van der Waals surface area contributed by atoms with Gasteiger partial charge in [0.15, 0.2) is 0 Å². The molecule has 72 valence electrons. The van der Waals surface area contributed by atoms with Gasteiger partial charge in [0, 0.05) is 0 Å². The van der Waals surface area contributed by atoms with E-state index in [1.807, 2.05) is 13.8 Å². The molecule has 0 amide bonds. The summed E-state index contributed by atoms with van der Waals surface area (Å²) in [5.74, 6) is -0.381. The molecule has 0 aliphatic rings. The maximum Gasteiger partial charge on any atom is 0.371 e. The van der Waals surface area contributed by atoms with Crippen LogP contribution in [-0.2, 0) is 0 Å². The molecule has 0 bridgehead atoms. The van der Waals surface area contributed by atoms with Crippen molar-refractivity contribution in [1.29, 1.82) is 0 Å². The maximum absolute atomic E-state index is 10.5. The molecular weight excluding hydrogens is 170 g/mol. The van der Waals surface area contributed by atoms with Crippen molar-refractivity contribution in [3.63, 3.8) is 0 Å². The SMILES string of the molecule is CC(C)C(N)c1ccc(C(=O)O)o1. The van der Waals surface area contributed by atoms with Gasteiger partial charge >= 0.3 is 5.97 Å². The first-order chi connectivity index (χ1) is 6.02. The Morgan fingerprint density at radius 1 is 1.54 bits per heavy atom. The molecule has 1 heterocycles. The Labute approximate surface area is 76.3 Å². The van der Waals surface area contributed by atoms with Gasteiger partial charge in [0.1, 0.15) is 5.76 Å². The first-order valence-corrected chi connectivity index (χ1v) is 4.11. The lowest BCUT2D eigenvalue weighted by molar-refractivity contribution is 0.0659. The molecule has 0 radical (unpaired) electrons. The highest BCUT2D eigenvalue weighted by molar-refractivity contribution is 5.84. The third-order valence-corrected chi connectivity index (χ3v) is 1.88. The van der Waals surface area contributed by atoms with E-state index >= 15 is 0 Å². The zero-order valence-electron chi connectivity index (χ0n) is 7.65. The number of furan rings is 1. The van der Waals surface area contributed by atoms with Gasteiger partial charge in [-0.05, 0) is 18.1 Å². The van der Waals surface area contributed by atoms with E-state index in [2.05, 4.69) is 0 Å². The van der Waals surface area contributed by atoms with Gasteiger partial charge in [-0.25, -0.2) is 4.79 Å². The number of carboxylic acids is 1. The minimum atomic E-state index is -1.07. The molecule has 13 heavy (non-hydrogen) atoms. The molecule has 4 nitrogen and oxygen atoms in total. The molecule has 1 unspecified atom stereocenters. The van der Waals surface area contributed by atoms with Gasteiger partial charge in [0.2, 0.25) is 5.76 Å². The van der Waals surface area contributed by atoms with Crippen molar-refractivity contribution < 1.29 is 14.3 Å². The van der Waals surface area contributed by atoms with E-state index in [0.29, 0.717) is 5.76 Å². The van der Waals surface area contributed by atoms with Crippen molar-refractivity contribution in [2.45, 2.75) is 19.9 Å². The van der Waals surface area contributed by atoms with Crippen LogP contribution in [0.25, 0.3) is 0 Å². The van der Waals surface area contributed by atoms with Crippen LogP contribution in [0.1, 0.15) is 36.2 Å². The summed E-state index contributed by atoms with van der Waals surface area (Å²) in [6, 6.07) is 2.78. The highest BCUT2D eigenvalue weighted by atomic mass is 16.4. The van der Waals surface area contributed by atoms with Crippen LogP contribution in [0.15, 0.2) is 16.5 Å². The number of nitrogens with two attached hydrogens (primary N) is 1.